The number of nitrogens with two attached hydrogens (primary N) is 1. The number of nitrogens with zero attached hydrogens (tertiary/aromatic N) is 1. The van der Waals surface area contributed by atoms with Crippen molar-refractivity contribution in [2.45, 2.75) is 12.5 Å². The van der Waals surface area contributed by atoms with E-state index in [1.807, 2.05) is 0 Å². The summed E-state index contributed by atoms with van der Waals surface area (Å²) in [5.74, 6) is -2.75. The highest BCUT2D eigenvalue weighted by Gasteiger charge is 2.20. The monoisotopic (exact) mass is 263 g/mol. The fraction of sp³-hybridized carbons (Fsp3) is 0.167. The van der Waals surface area contributed by atoms with Gasteiger partial charge in [0.1, 0.15) is 6.04 Å². The number of carbonyl (C=O) groups is 3. The van der Waals surface area contributed by atoms with Crippen LogP contribution in [0.25, 0.3) is 6.08 Å². The second-order valence-corrected chi connectivity index (χ2v) is 3.69. The number of carboxylic acid groups (broad SMARTS) is 1. The Hall–Kier alpha value is -2.70. The lowest BCUT2D eigenvalue weighted by Crippen LogP contribution is -2.42. The first-order chi connectivity index (χ1) is 8.99. The summed E-state index contributed by atoms with van der Waals surface area (Å²) >= 11 is 0. The Labute approximate surface area is 109 Å². The number of aromatic nitrogens is 1. The molecule has 19 heavy (non-hydrogen) atoms. The topological polar surface area (TPSA) is 122 Å². The van der Waals surface area contributed by atoms with Gasteiger partial charge in [0.15, 0.2) is 0 Å². The van der Waals surface area contributed by atoms with Gasteiger partial charge in [0.05, 0.1) is 6.42 Å². The zero-order chi connectivity index (χ0) is 14.3. The van der Waals surface area contributed by atoms with Crippen molar-refractivity contribution < 1.29 is 19.5 Å². The lowest BCUT2D eigenvalue weighted by Gasteiger charge is -2.10. The quantitative estimate of drug-likeness (QED) is 0.599. The number of hydrogen-bond donors (Lipinski definition) is 3. The van der Waals surface area contributed by atoms with E-state index in [4.69, 9.17) is 10.8 Å². The van der Waals surface area contributed by atoms with Crippen molar-refractivity contribution in [1.82, 2.24) is 10.3 Å². The van der Waals surface area contributed by atoms with Gasteiger partial charge < -0.3 is 16.2 Å². The first kappa shape index (κ1) is 14.4. The minimum atomic E-state index is -1.33. The molecule has 7 nitrogen and oxygen atoms in total. The van der Waals surface area contributed by atoms with Crippen molar-refractivity contribution in [2.75, 3.05) is 0 Å². The predicted molar refractivity (Wildman–Crippen MR) is 66.6 cm³/mol. The molecule has 0 aliphatic heterocycles. The van der Waals surface area contributed by atoms with E-state index >= 15 is 0 Å². The molecular formula is C12H13N3O4. The Morgan fingerprint density at radius 2 is 2.21 bits per heavy atom. The summed E-state index contributed by atoms with van der Waals surface area (Å²) in [7, 11) is 0. The normalized spacial score (nSPS) is 12.0. The zero-order valence-electron chi connectivity index (χ0n) is 9.95. The molecule has 1 aromatic rings. The molecule has 0 aliphatic carbocycles. The Morgan fingerprint density at radius 1 is 1.47 bits per heavy atom. The Morgan fingerprint density at radius 3 is 2.74 bits per heavy atom. The van der Waals surface area contributed by atoms with E-state index in [1.54, 1.807) is 24.5 Å². The van der Waals surface area contributed by atoms with Crippen LogP contribution in [0.15, 0.2) is 30.6 Å². The van der Waals surface area contributed by atoms with Crippen LogP contribution in [0.2, 0.25) is 0 Å². The SMILES string of the molecule is NC(=O)C[C@@H](NC(=O)/C=C/c1cccnc1)C(=O)O. The van der Waals surface area contributed by atoms with Crippen LogP contribution < -0.4 is 11.1 Å². The molecule has 0 radical (unpaired) electrons. The van der Waals surface area contributed by atoms with Crippen LogP contribution in [0.4, 0.5) is 0 Å². The van der Waals surface area contributed by atoms with Gasteiger partial charge in [-0.15, -0.1) is 0 Å². The lowest BCUT2D eigenvalue weighted by molar-refractivity contribution is -0.142. The molecule has 0 aromatic carbocycles. The molecule has 0 unspecified atom stereocenters. The maximum atomic E-state index is 11.5. The molecule has 100 valence electrons. The molecule has 0 bridgehead atoms. The van der Waals surface area contributed by atoms with Gasteiger partial charge in [-0.05, 0) is 17.7 Å². The fourth-order valence-electron chi connectivity index (χ4n) is 1.27. The van der Waals surface area contributed by atoms with Gasteiger partial charge in [0.2, 0.25) is 11.8 Å². The number of hydrogen-bond acceptors (Lipinski definition) is 4. The van der Waals surface area contributed by atoms with E-state index < -0.39 is 30.2 Å². The van der Waals surface area contributed by atoms with Crippen LogP contribution in [0.5, 0.6) is 0 Å². The molecule has 1 rings (SSSR count). The van der Waals surface area contributed by atoms with E-state index in [0.29, 0.717) is 5.56 Å². The Bertz CT molecular complexity index is 499. The summed E-state index contributed by atoms with van der Waals surface area (Å²) in [4.78, 5) is 36.8. The van der Waals surface area contributed by atoms with Gasteiger partial charge in [0, 0.05) is 18.5 Å². The van der Waals surface area contributed by atoms with Gasteiger partial charge in [-0.25, -0.2) is 4.79 Å². The lowest BCUT2D eigenvalue weighted by atomic mass is 10.2. The third kappa shape index (κ3) is 5.44. The minimum absolute atomic E-state index is 0.457. The molecule has 0 aliphatic rings. The van der Waals surface area contributed by atoms with Gasteiger partial charge in [-0.3, -0.25) is 14.6 Å². The van der Waals surface area contributed by atoms with Crippen molar-refractivity contribution in [3.8, 4) is 0 Å². The van der Waals surface area contributed by atoms with Crippen LogP contribution in [0.1, 0.15) is 12.0 Å². The van der Waals surface area contributed by atoms with Gasteiger partial charge in [0.25, 0.3) is 0 Å². The maximum absolute atomic E-state index is 11.5. The molecule has 0 fully saturated rings. The zero-order valence-corrected chi connectivity index (χ0v) is 9.95. The number of aliphatic carboxylic acids is 1. The summed E-state index contributed by atoms with van der Waals surface area (Å²) in [6, 6.07) is 2.10. The Kier molecular flexibility index (Phi) is 5.21. The number of primary amides is 1. The standard InChI is InChI=1S/C12H13N3O4/c13-10(16)6-9(12(18)19)15-11(17)4-3-8-2-1-5-14-7-8/h1-5,7,9H,6H2,(H2,13,16)(H,15,17)(H,18,19)/b4-3+/t9-/m1/s1. The third-order valence-electron chi connectivity index (χ3n) is 2.13. The number of rotatable bonds is 6. The number of carboxylic acids is 1. The molecular weight excluding hydrogens is 250 g/mol. The van der Waals surface area contributed by atoms with Gasteiger partial charge >= 0.3 is 5.97 Å². The van der Waals surface area contributed by atoms with Crippen molar-refractivity contribution in [1.29, 1.82) is 0 Å². The molecule has 0 spiro atoms. The molecule has 0 saturated carbocycles. The number of amides is 2. The molecule has 4 N–H and O–H groups in total. The van der Waals surface area contributed by atoms with Gasteiger partial charge in [-0.1, -0.05) is 6.07 Å². The molecule has 1 heterocycles. The third-order valence-corrected chi connectivity index (χ3v) is 2.13. The summed E-state index contributed by atoms with van der Waals surface area (Å²) in [5.41, 5.74) is 5.59. The van der Waals surface area contributed by atoms with E-state index in [1.165, 1.54) is 6.08 Å². The highest BCUT2D eigenvalue weighted by atomic mass is 16.4. The maximum Gasteiger partial charge on any atom is 0.326 e. The van der Waals surface area contributed by atoms with Crippen LogP contribution in [0, 0.1) is 0 Å². The van der Waals surface area contributed by atoms with Crippen molar-refractivity contribution in [2.24, 2.45) is 5.73 Å². The Balaban J connectivity index is 2.60. The van der Waals surface area contributed by atoms with Crippen molar-refractivity contribution in [3.05, 3.63) is 36.2 Å². The molecule has 1 atom stereocenters. The first-order valence-electron chi connectivity index (χ1n) is 5.38. The molecule has 7 heteroatoms. The predicted octanol–water partition coefficient (Wildman–Crippen LogP) is -0.460. The number of nitrogens with one attached hydrogen (secondary N) is 1. The summed E-state index contributed by atoms with van der Waals surface area (Å²) in [5, 5.41) is 11.0. The summed E-state index contributed by atoms with van der Waals surface area (Å²) < 4.78 is 0. The highest BCUT2D eigenvalue weighted by Crippen LogP contribution is 1.99. The largest absolute Gasteiger partial charge is 0.480 e. The molecule has 2 amide bonds. The van der Waals surface area contributed by atoms with E-state index in [0.717, 1.165) is 6.08 Å². The number of carbonyl (C=O) groups excluding carboxylic acids is 2. The second-order valence-electron chi connectivity index (χ2n) is 3.69. The molecule has 1 aromatic heterocycles. The van der Waals surface area contributed by atoms with Crippen LogP contribution in [-0.4, -0.2) is 33.9 Å². The minimum Gasteiger partial charge on any atom is -0.480 e. The molecule has 0 saturated heterocycles. The average Bonchev–Trinajstić information content (AvgIpc) is 2.36. The van der Waals surface area contributed by atoms with E-state index in [-0.39, 0.29) is 0 Å². The smallest absolute Gasteiger partial charge is 0.326 e. The fourth-order valence-corrected chi connectivity index (χ4v) is 1.27. The average molecular weight is 263 g/mol. The van der Waals surface area contributed by atoms with Crippen LogP contribution in [-0.2, 0) is 14.4 Å². The summed E-state index contributed by atoms with van der Waals surface area (Å²) in [6.07, 6.45) is 5.31. The number of pyridine rings is 1. The van der Waals surface area contributed by atoms with Crippen LogP contribution in [0.3, 0.4) is 0 Å². The van der Waals surface area contributed by atoms with Crippen molar-refractivity contribution in [3.63, 3.8) is 0 Å². The second kappa shape index (κ2) is 6.90. The summed E-state index contributed by atoms with van der Waals surface area (Å²) in [6.45, 7) is 0. The van der Waals surface area contributed by atoms with E-state index in [2.05, 4.69) is 10.3 Å². The highest BCUT2D eigenvalue weighted by molar-refractivity contribution is 5.95. The van der Waals surface area contributed by atoms with Crippen molar-refractivity contribution >= 4 is 23.9 Å². The van der Waals surface area contributed by atoms with E-state index in [9.17, 15) is 14.4 Å². The van der Waals surface area contributed by atoms with Crippen LogP contribution >= 0.6 is 0 Å². The van der Waals surface area contributed by atoms with Gasteiger partial charge in [-0.2, -0.15) is 0 Å². The first-order valence-corrected chi connectivity index (χ1v) is 5.38.